The number of nitrogens with one attached hydrogen (secondary N) is 1. The number of urea groups is 1. The second-order valence-electron chi connectivity index (χ2n) is 4.42. The molecule has 19 heavy (non-hydrogen) atoms. The fraction of sp³-hybridized carbons (Fsp3) is 0.429. The Morgan fingerprint density at radius 2 is 2.00 bits per heavy atom. The summed E-state index contributed by atoms with van der Waals surface area (Å²) in [5.74, 6) is 0.355. The Kier molecular flexibility index (Phi) is 5.85. The zero-order valence-corrected chi connectivity index (χ0v) is 11.4. The molecule has 0 aromatic heterocycles. The Labute approximate surface area is 113 Å². The smallest absolute Gasteiger partial charge is 0.312 e. The molecule has 0 saturated heterocycles. The van der Waals surface area contributed by atoms with Gasteiger partial charge in [0.15, 0.2) is 0 Å². The van der Waals surface area contributed by atoms with Crippen molar-refractivity contribution in [3.63, 3.8) is 0 Å². The van der Waals surface area contributed by atoms with Crippen LogP contribution < -0.4 is 15.8 Å². The fourth-order valence-electron chi connectivity index (χ4n) is 1.61. The van der Waals surface area contributed by atoms with Gasteiger partial charge in [0.25, 0.3) is 0 Å². The summed E-state index contributed by atoms with van der Waals surface area (Å²) in [6.07, 6.45) is 1.68. The molecule has 5 nitrogen and oxygen atoms in total. The molecule has 0 atom stereocenters. The molecule has 0 saturated carbocycles. The van der Waals surface area contributed by atoms with Crippen LogP contribution in [0.15, 0.2) is 18.2 Å². The fourth-order valence-corrected chi connectivity index (χ4v) is 1.61. The molecular weight excluding hydrogens is 244 g/mol. The molecule has 0 bridgehead atoms. The summed E-state index contributed by atoms with van der Waals surface area (Å²) in [5.41, 5.74) is 7.00. The Balaban J connectivity index is 2.31. The van der Waals surface area contributed by atoms with E-state index in [1.54, 1.807) is 6.07 Å². The van der Waals surface area contributed by atoms with Crippen LogP contribution in [0.1, 0.15) is 30.4 Å². The van der Waals surface area contributed by atoms with Crippen molar-refractivity contribution in [1.29, 1.82) is 0 Å². The van der Waals surface area contributed by atoms with Gasteiger partial charge in [0.1, 0.15) is 5.75 Å². The Bertz CT molecular complexity index is 458. The van der Waals surface area contributed by atoms with E-state index >= 15 is 0 Å². The van der Waals surface area contributed by atoms with E-state index in [-0.39, 0.29) is 5.97 Å². The Morgan fingerprint density at radius 3 is 2.68 bits per heavy atom. The quantitative estimate of drug-likeness (QED) is 0.468. The molecular formula is C14H20N2O3. The number of ether oxygens (including phenoxy) is 1. The molecule has 0 unspecified atom stereocenters. The van der Waals surface area contributed by atoms with Crippen molar-refractivity contribution in [2.24, 2.45) is 5.73 Å². The highest BCUT2D eigenvalue weighted by Gasteiger charge is 2.08. The first kappa shape index (κ1) is 15.0. The number of hydrogen-bond donors (Lipinski definition) is 2. The molecule has 0 fully saturated rings. The number of rotatable bonds is 6. The summed E-state index contributed by atoms with van der Waals surface area (Å²) >= 11 is 0. The van der Waals surface area contributed by atoms with Gasteiger partial charge in [-0.25, -0.2) is 4.79 Å². The molecule has 0 aliphatic rings. The lowest BCUT2D eigenvalue weighted by Gasteiger charge is -2.09. The van der Waals surface area contributed by atoms with Crippen molar-refractivity contribution in [3.8, 4) is 5.75 Å². The summed E-state index contributed by atoms with van der Waals surface area (Å²) in [6.45, 7) is 4.38. The first-order valence-electron chi connectivity index (χ1n) is 6.31. The number of carbonyl (C=O) groups excluding carboxylic acids is 2. The van der Waals surface area contributed by atoms with Crippen LogP contribution in [0.2, 0.25) is 0 Å². The van der Waals surface area contributed by atoms with E-state index in [0.29, 0.717) is 31.6 Å². The lowest BCUT2D eigenvalue weighted by Crippen LogP contribution is -2.30. The number of amides is 2. The maximum Gasteiger partial charge on any atom is 0.312 e. The number of hydrogen-bond acceptors (Lipinski definition) is 3. The predicted octanol–water partition coefficient (Wildman–Crippen LogP) is 2.05. The van der Waals surface area contributed by atoms with Gasteiger partial charge in [0, 0.05) is 13.0 Å². The normalized spacial score (nSPS) is 10.0. The molecule has 104 valence electrons. The van der Waals surface area contributed by atoms with Gasteiger partial charge in [-0.3, -0.25) is 4.79 Å². The van der Waals surface area contributed by atoms with Gasteiger partial charge in [-0.2, -0.15) is 0 Å². The molecule has 0 heterocycles. The molecule has 0 aliphatic heterocycles. The summed E-state index contributed by atoms with van der Waals surface area (Å²) in [5, 5.41) is 2.47. The number of aryl methyl sites for hydroxylation is 1. The van der Waals surface area contributed by atoms with Crippen LogP contribution >= 0.6 is 0 Å². The third kappa shape index (κ3) is 5.42. The molecule has 0 radical (unpaired) electrons. The standard InChI is InChI=1S/C14H20N2O3/c1-10-6-5-7-12(11(10)2)19-13(17)8-3-4-9-16-14(15)18/h5-7H,3-4,8-9H2,1-2H3,(H3,15,16,18). The minimum Gasteiger partial charge on any atom is -0.426 e. The molecule has 1 aromatic carbocycles. The van der Waals surface area contributed by atoms with Crippen LogP contribution in [0.5, 0.6) is 5.75 Å². The molecule has 0 aliphatic carbocycles. The van der Waals surface area contributed by atoms with Crippen LogP contribution in [0.4, 0.5) is 4.79 Å². The van der Waals surface area contributed by atoms with Crippen LogP contribution in [-0.4, -0.2) is 18.5 Å². The summed E-state index contributed by atoms with van der Waals surface area (Å²) < 4.78 is 5.30. The number of nitrogens with two attached hydrogens (primary N) is 1. The van der Waals surface area contributed by atoms with Crippen molar-refractivity contribution in [2.75, 3.05) is 6.54 Å². The minimum absolute atomic E-state index is 0.257. The van der Waals surface area contributed by atoms with Crippen LogP contribution in [-0.2, 0) is 4.79 Å². The van der Waals surface area contributed by atoms with Gasteiger partial charge in [0.05, 0.1) is 0 Å². The number of primary amides is 1. The van der Waals surface area contributed by atoms with E-state index in [1.807, 2.05) is 26.0 Å². The monoisotopic (exact) mass is 264 g/mol. The highest BCUT2D eigenvalue weighted by Crippen LogP contribution is 2.21. The van der Waals surface area contributed by atoms with E-state index in [0.717, 1.165) is 11.1 Å². The first-order valence-corrected chi connectivity index (χ1v) is 6.31. The maximum atomic E-state index is 11.6. The second-order valence-corrected chi connectivity index (χ2v) is 4.42. The Hall–Kier alpha value is -2.04. The summed E-state index contributed by atoms with van der Waals surface area (Å²) in [7, 11) is 0. The molecule has 1 rings (SSSR count). The lowest BCUT2D eigenvalue weighted by molar-refractivity contribution is -0.134. The van der Waals surface area contributed by atoms with E-state index in [1.165, 1.54) is 0 Å². The van der Waals surface area contributed by atoms with Crippen LogP contribution in [0, 0.1) is 13.8 Å². The largest absolute Gasteiger partial charge is 0.426 e. The molecule has 3 N–H and O–H groups in total. The second kappa shape index (κ2) is 7.41. The highest BCUT2D eigenvalue weighted by atomic mass is 16.5. The average Bonchev–Trinajstić information content (AvgIpc) is 2.34. The summed E-state index contributed by atoms with van der Waals surface area (Å²) in [6, 6.07) is 5.08. The summed E-state index contributed by atoms with van der Waals surface area (Å²) in [4.78, 5) is 22.1. The topological polar surface area (TPSA) is 81.4 Å². The molecule has 2 amide bonds. The Morgan fingerprint density at radius 1 is 1.26 bits per heavy atom. The molecule has 0 spiro atoms. The van der Waals surface area contributed by atoms with E-state index in [9.17, 15) is 9.59 Å². The van der Waals surface area contributed by atoms with Crippen molar-refractivity contribution in [2.45, 2.75) is 33.1 Å². The van der Waals surface area contributed by atoms with Gasteiger partial charge in [0.2, 0.25) is 0 Å². The van der Waals surface area contributed by atoms with Crippen LogP contribution in [0.25, 0.3) is 0 Å². The number of benzene rings is 1. The van der Waals surface area contributed by atoms with Gasteiger partial charge in [-0.05, 0) is 43.9 Å². The predicted molar refractivity (Wildman–Crippen MR) is 73.0 cm³/mol. The number of unbranched alkanes of at least 4 members (excludes halogenated alkanes) is 1. The van der Waals surface area contributed by atoms with Crippen molar-refractivity contribution >= 4 is 12.0 Å². The van der Waals surface area contributed by atoms with Crippen molar-refractivity contribution in [1.82, 2.24) is 5.32 Å². The van der Waals surface area contributed by atoms with E-state index in [2.05, 4.69) is 5.32 Å². The van der Waals surface area contributed by atoms with E-state index < -0.39 is 6.03 Å². The van der Waals surface area contributed by atoms with Gasteiger partial charge in [-0.15, -0.1) is 0 Å². The average molecular weight is 264 g/mol. The van der Waals surface area contributed by atoms with Gasteiger partial charge in [-0.1, -0.05) is 12.1 Å². The van der Waals surface area contributed by atoms with Gasteiger partial charge >= 0.3 is 12.0 Å². The molecule has 5 heteroatoms. The SMILES string of the molecule is Cc1cccc(OC(=O)CCCCNC(N)=O)c1C. The molecule has 1 aromatic rings. The first-order chi connectivity index (χ1) is 9.00. The zero-order chi connectivity index (χ0) is 14.3. The van der Waals surface area contributed by atoms with E-state index in [4.69, 9.17) is 10.5 Å². The van der Waals surface area contributed by atoms with Gasteiger partial charge < -0.3 is 15.8 Å². The maximum absolute atomic E-state index is 11.6. The highest BCUT2D eigenvalue weighted by molar-refractivity contribution is 5.73. The zero-order valence-electron chi connectivity index (χ0n) is 11.4. The van der Waals surface area contributed by atoms with Crippen LogP contribution in [0.3, 0.4) is 0 Å². The lowest BCUT2D eigenvalue weighted by atomic mass is 10.1. The number of carbonyl (C=O) groups is 2. The third-order valence-electron chi connectivity index (χ3n) is 2.89. The third-order valence-corrected chi connectivity index (χ3v) is 2.89. The van der Waals surface area contributed by atoms with Crippen molar-refractivity contribution < 1.29 is 14.3 Å². The van der Waals surface area contributed by atoms with Crippen molar-refractivity contribution in [3.05, 3.63) is 29.3 Å². The number of esters is 1. The minimum atomic E-state index is -0.544.